The minimum Gasteiger partial charge on any atom is -0.396 e. The summed E-state index contributed by atoms with van der Waals surface area (Å²) in [5.74, 6) is 0.794. The standard InChI is InChI=1S/C25H33FN6O/c1-17(2)32-16-20(15-28-32)24-18(3)14-27-25(30-24)29-21-6-7-23(22(26)13-21)31-10-8-19(9-11-31)5-4-12-33/h6-7,13-17,19,33H,4-5,8-12H2,1-3H3,(H,27,29,30). The summed E-state index contributed by atoms with van der Waals surface area (Å²) in [6.45, 7) is 8.05. The number of anilines is 3. The number of piperidine rings is 1. The number of benzene rings is 1. The van der Waals surface area contributed by atoms with Crippen LogP contribution in [0.1, 0.15) is 51.1 Å². The van der Waals surface area contributed by atoms with E-state index in [1.165, 1.54) is 6.07 Å². The first-order valence-corrected chi connectivity index (χ1v) is 11.7. The van der Waals surface area contributed by atoms with E-state index < -0.39 is 0 Å². The van der Waals surface area contributed by atoms with Crippen molar-refractivity contribution in [2.45, 2.75) is 52.5 Å². The summed E-state index contributed by atoms with van der Waals surface area (Å²) in [5.41, 5.74) is 3.93. The normalized spacial score (nSPS) is 14.8. The summed E-state index contributed by atoms with van der Waals surface area (Å²) < 4.78 is 16.9. The largest absolute Gasteiger partial charge is 0.396 e. The molecule has 0 radical (unpaired) electrons. The van der Waals surface area contributed by atoms with Gasteiger partial charge in [0, 0.05) is 49.4 Å². The fourth-order valence-electron chi connectivity index (χ4n) is 4.35. The summed E-state index contributed by atoms with van der Waals surface area (Å²) in [6, 6.07) is 5.47. The van der Waals surface area contributed by atoms with Crippen molar-refractivity contribution >= 4 is 17.3 Å². The van der Waals surface area contributed by atoms with Crippen molar-refractivity contribution in [3.63, 3.8) is 0 Å². The van der Waals surface area contributed by atoms with Crippen LogP contribution in [0.2, 0.25) is 0 Å². The second-order valence-electron chi connectivity index (χ2n) is 9.12. The molecule has 1 aliphatic heterocycles. The molecular formula is C25H33FN6O. The van der Waals surface area contributed by atoms with Crippen molar-refractivity contribution < 1.29 is 9.50 Å². The Morgan fingerprint density at radius 1 is 1.21 bits per heavy atom. The van der Waals surface area contributed by atoms with E-state index in [1.807, 2.05) is 29.9 Å². The Labute approximate surface area is 194 Å². The highest BCUT2D eigenvalue weighted by Gasteiger charge is 2.21. The molecule has 2 aromatic heterocycles. The number of aliphatic hydroxyl groups is 1. The predicted octanol–water partition coefficient (Wildman–Crippen LogP) is 5.10. The number of nitrogens with zero attached hydrogens (tertiary/aromatic N) is 5. The van der Waals surface area contributed by atoms with Crippen molar-refractivity contribution in [2.24, 2.45) is 5.92 Å². The Balaban J connectivity index is 1.45. The van der Waals surface area contributed by atoms with Crippen LogP contribution < -0.4 is 10.2 Å². The highest BCUT2D eigenvalue weighted by molar-refractivity contribution is 5.65. The van der Waals surface area contributed by atoms with E-state index in [1.54, 1.807) is 12.4 Å². The van der Waals surface area contributed by atoms with E-state index in [0.717, 1.165) is 55.6 Å². The van der Waals surface area contributed by atoms with Gasteiger partial charge in [0.05, 0.1) is 17.6 Å². The van der Waals surface area contributed by atoms with E-state index in [4.69, 9.17) is 5.11 Å². The monoisotopic (exact) mass is 452 g/mol. The molecule has 0 amide bonds. The molecule has 3 heterocycles. The van der Waals surface area contributed by atoms with Gasteiger partial charge in [0.1, 0.15) is 5.82 Å². The second kappa shape index (κ2) is 10.3. The third kappa shape index (κ3) is 5.50. The number of hydrogen-bond donors (Lipinski definition) is 2. The highest BCUT2D eigenvalue weighted by Crippen LogP contribution is 2.30. The quantitative estimate of drug-likeness (QED) is 0.495. The van der Waals surface area contributed by atoms with Crippen LogP contribution in [0.4, 0.5) is 21.7 Å². The lowest BCUT2D eigenvalue weighted by atomic mass is 9.92. The molecule has 8 heteroatoms. The van der Waals surface area contributed by atoms with E-state index in [2.05, 4.69) is 39.1 Å². The number of aromatic nitrogens is 4. The van der Waals surface area contributed by atoms with Crippen LogP contribution >= 0.6 is 0 Å². The molecule has 4 rings (SSSR count). The summed E-state index contributed by atoms with van der Waals surface area (Å²) in [5, 5.41) is 16.6. The Morgan fingerprint density at radius 2 is 2.00 bits per heavy atom. The SMILES string of the molecule is Cc1cnc(Nc2ccc(N3CCC(CCCO)CC3)c(F)c2)nc1-c1cnn(C(C)C)c1. The zero-order valence-electron chi connectivity index (χ0n) is 19.6. The van der Waals surface area contributed by atoms with Gasteiger partial charge in [-0.1, -0.05) is 0 Å². The fraction of sp³-hybridized carbons (Fsp3) is 0.480. The van der Waals surface area contributed by atoms with Crippen molar-refractivity contribution in [3.8, 4) is 11.3 Å². The van der Waals surface area contributed by atoms with Crippen LogP contribution in [0.5, 0.6) is 0 Å². The molecule has 33 heavy (non-hydrogen) atoms. The van der Waals surface area contributed by atoms with Gasteiger partial charge in [-0.2, -0.15) is 5.10 Å². The molecule has 1 fully saturated rings. The maximum Gasteiger partial charge on any atom is 0.227 e. The predicted molar refractivity (Wildman–Crippen MR) is 129 cm³/mol. The average Bonchev–Trinajstić information content (AvgIpc) is 3.30. The summed E-state index contributed by atoms with van der Waals surface area (Å²) in [7, 11) is 0. The van der Waals surface area contributed by atoms with E-state index in [0.29, 0.717) is 23.2 Å². The summed E-state index contributed by atoms with van der Waals surface area (Å²) >= 11 is 0. The molecule has 0 aliphatic carbocycles. The number of rotatable bonds is 8. The van der Waals surface area contributed by atoms with E-state index in [9.17, 15) is 4.39 Å². The third-order valence-corrected chi connectivity index (χ3v) is 6.31. The lowest BCUT2D eigenvalue weighted by Crippen LogP contribution is -2.34. The van der Waals surface area contributed by atoms with Crippen molar-refractivity contribution in [1.29, 1.82) is 0 Å². The minimum absolute atomic E-state index is 0.247. The molecule has 7 nitrogen and oxygen atoms in total. The second-order valence-corrected chi connectivity index (χ2v) is 9.12. The summed E-state index contributed by atoms with van der Waals surface area (Å²) in [6.07, 6.45) is 9.52. The number of halogens is 1. The van der Waals surface area contributed by atoms with Crippen molar-refractivity contribution in [2.75, 3.05) is 29.9 Å². The molecule has 3 aromatic rings. The van der Waals surface area contributed by atoms with Gasteiger partial charge < -0.3 is 15.3 Å². The van der Waals surface area contributed by atoms with Gasteiger partial charge in [0.25, 0.3) is 0 Å². The van der Waals surface area contributed by atoms with Crippen LogP contribution in [-0.4, -0.2) is 44.6 Å². The molecule has 1 saturated heterocycles. The molecule has 176 valence electrons. The van der Waals surface area contributed by atoms with Gasteiger partial charge in [-0.15, -0.1) is 0 Å². The topological polar surface area (TPSA) is 79.1 Å². The maximum absolute atomic E-state index is 15.0. The number of aliphatic hydroxyl groups excluding tert-OH is 1. The maximum atomic E-state index is 15.0. The minimum atomic E-state index is -0.251. The van der Waals surface area contributed by atoms with Crippen LogP contribution in [0.15, 0.2) is 36.8 Å². The lowest BCUT2D eigenvalue weighted by molar-refractivity contribution is 0.261. The number of hydrogen-bond acceptors (Lipinski definition) is 6. The van der Waals surface area contributed by atoms with Crippen LogP contribution in [0, 0.1) is 18.7 Å². The van der Waals surface area contributed by atoms with Crippen LogP contribution in [-0.2, 0) is 0 Å². The highest BCUT2D eigenvalue weighted by atomic mass is 19.1. The zero-order valence-corrected chi connectivity index (χ0v) is 19.6. The third-order valence-electron chi connectivity index (χ3n) is 6.31. The average molecular weight is 453 g/mol. The first-order chi connectivity index (χ1) is 15.9. The number of nitrogens with one attached hydrogen (secondary N) is 1. The van der Waals surface area contributed by atoms with Gasteiger partial charge >= 0.3 is 0 Å². The van der Waals surface area contributed by atoms with Gasteiger partial charge in [-0.3, -0.25) is 4.68 Å². The first-order valence-electron chi connectivity index (χ1n) is 11.7. The van der Waals surface area contributed by atoms with Crippen molar-refractivity contribution in [1.82, 2.24) is 19.7 Å². The smallest absolute Gasteiger partial charge is 0.227 e. The molecular weight excluding hydrogens is 419 g/mol. The van der Waals surface area contributed by atoms with Crippen molar-refractivity contribution in [3.05, 3.63) is 48.2 Å². The molecule has 0 atom stereocenters. The Bertz CT molecular complexity index is 1070. The lowest BCUT2D eigenvalue weighted by Gasteiger charge is -2.34. The zero-order chi connectivity index (χ0) is 23.4. The van der Waals surface area contributed by atoms with Gasteiger partial charge in [-0.25, -0.2) is 14.4 Å². The van der Waals surface area contributed by atoms with Crippen LogP contribution in [0.3, 0.4) is 0 Å². The van der Waals surface area contributed by atoms with E-state index in [-0.39, 0.29) is 18.5 Å². The molecule has 2 N–H and O–H groups in total. The summed E-state index contributed by atoms with van der Waals surface area (Å²) in [4.78, 5) is 11.1. The van der Waals surface area contributed by atoms with E-state index >= 15 is 0 Å². The molecule has 0 unspecified atom stereocenters. The fourth-order valence-corrected chi connectivity index (χ4v) is 4.35. The molecule has 1 aliphatic rings. The Hall–Kier alpha value is -3.00. The van der Waals surface area contributed by atoms with Gasteiger partial charge in [-0.05, 0) is 76.1 Å². The molecule has 0 saturated carbocycles. The molecule has 0 bridgehead atoms. The van der Waals surface area contributed by atoms with Crippen LogP contribution in [0.25, 0.3) is 11.3 Å². The number of aryl methyl sites for hydroxylation is 1. The Morgan fingerprint density at radius 3 is 2.67 bits per heavy atom. The molecule has 0 spiro atoms. The Kier molecular flexibility index (Phi) is 7.23. The van der Waals surface area contributed by atoms with Gasteiger partial charge in [0.15, 0.2) is 0 Å². The first kappa shape index (κ1) is 23.2. The van der Waals surface area contributed by atoms with Gasteiger partial charge in [0.2, 0.25) is 5.95 Å². The molecule has 1 aromatic carbocycles.